The van der Waals surface area contributed by atoms with Gasteiger partial charge in [-0.25, -0.2) is 9.69 Å². The number of ether oxygens (including phenoxy) is 1. The van der Waals surface area contributed by atoms with Crippen molar-refractivity contribution in [3.63, 3.8) is 0 Å². The Morgan fingerprint density at radius 2 is 1.94 bits per heavy atom. The van der Waals surface area contributed by atoms with E-state index in [1.807, 2.05) is 6.92 Å². The molecule has 1 fully saturated rings. The lowest BCUT2D eigenvalue weighted by Gasteiger charge is -2.26. The largest absolute Gasteiger partial charge is 0.479 e. The SMILES string of the molecule is C#CCOc1c(Br)cc(/C=C2\C(=O)NC(=O)N(c3ccc(Br)c(C)c3)C2=O)cc1CC=C. The number of allylic oxidation sites excluding steroid dienone is 1. The monoisotopic (exact) mass is 556 g/mol. The standard InChI is InChI=1S/C24H18Br2N2O4/c1-4-6-16-11-15(13-20(26)21(16)32-9-5-2)12-18-22(29)27-24(31)28(23(18)30)17-7-8-19(25)14(3)10-17/h2,4,7-8,10-13H,1,6,9H2,3H3,(H,27,29,31)/b18-12+. The zero-order valence-electron chi connectivity index (χ0n) is 17.1. The molecule has 1 aliphatic rings. The second kappa shape index (κ2) is 9.98. The Bertz CT molecular complexity index is 1210. The lowest BCUT2D eigenvalue weighted by molar-refractivity contribution is -0.122. The second-order valence-corrected chi connectivity index (χ2v) is 8.58. The summed E-state index contributed by atoms with van der Waals surface area (Å²) in [5.41, 5.74) is 2.38. The highest BCUT2D eigenvalue weighted by molar-refractivity contribution is 9.10. The predicted molar refractivity (Wildman–Crippen MR) is 130 cm³/mol. The van der Waals surface area contributed by atoms with Gasteiger partial charge in [-0.05, 0) is 82.4 Å². The summed E-state index contributed by atoms with van der Waals surface area (Å²) in [4.78, 5) is 39.0. The van der Waals surface area contributed by atoms with Crippen LogP contribution in [0.5, 0.6) is 5.75 Å². The molecule has 0 aromatic heterocycles. The zero-order valence-corrected chi connectivity index (χ0v) is 20.2. The molecule has 1 N–H and O–H groups in total. The first kappa shape index (κ1) is 23.5. The maximum Gasteiger partial charge on any atom is 0.335 e. The number of nitrogens with zero attached hydrogens (tertiary/aromatic N) is 1. The summed E-state index contributed by atoms with van der Waals surface area (Å²) >= 11 is 6.85. The molecule has 0 spiro atoms. The Labute approximate surface area is 202 Å². The van der Waals surface area contributed by atoms with Crippen LogP contribution >= 0.6 is 31.9 Å². The fourth-order valence-corrected chi connectivity index (χ4v) is 4.05. The van der Waals surface area contributed by atoms with Crippen molar-refractivity contribution in [2.45, 2.75) is 13.3 Å². The molecule has 2 aromatic rings. The molecule has 0 unspecified atom stereocenters. The zero-order chi connectivity index (χ0) is 23.4. The number of amides is 4. The van der Waals surface area contributed by atoms with E-state index in [1.54, 1.807) is 36.4 Å². The van der Waals surface area contributed by atoms with Crippen LogP contribution in [0, 0.1) is 19.3 Å². The molecule has 162 valence electrons. The molecule has 4 amide bonds. The molecule has 0 bridgehead atoms. The van der Waals surface area contributed by atoms with Gasteiger partial charge in [-0.2, -0.15) is 0 Å². The fourth-order valence-electron chi connectivity index (χ4n) is 3.17. The third kappa shape index (κ3) is 4.85. The number of carbonyl (C=O) groups excluding carboxylic acids is 3. The summed E-state index contributed by atoms with van der Waals surface area (Å²) in [7, 11) is 0. The van der Waals surface area contributed by atoms with E-state index in [-0.39, 0.29) is 12.2 Å². The lowest BCUT2D eigenvalue weighted by Crippen LogP contribution is -2.54. The van der Waals surface area contributed by atoms with E-state index in [2.05, 4.69) is 49.7 Å². The number of benzene rings is 2. The van der Waals surface area contributed by atoms with Gasteiger partial charge in [-0.3, -0.25) is 14.9 Å². The van der Waals surface area contributed by atoms with Crippen LogP contribution < -0.4 is 15.0 Å². The molecule has 32 heavy (non-hydrogen) atoms. The third-order valence-electron chi connectivity index (χ3n) is 4.62. The molecule has 0 aliphatic carbocycles. The van der Waals surface area contributed by atoms with Gasteiger partial charge in [-0.1, -0.05) is 27.9 Å². The van der Waals surface area contributed by atoms with Gasteiger partial charge in [0.15, 0.2) is 0 Å². The van der Waals surface area contributed by atoms with Gasteiger partial charge in [0.25, 0.3) is 11.8 Å². The minimum atomic E-state index is -0.801. The summed E-state index contributed by atoms with van der Waals surface area (Å²) in [5, 5.41) is 2.23. The lowest BCUT2D eigenvalue weighted by atomic mass is 10.0. The van der Waals surface area contributed by atoms with E-state index in [1.165, 1.54) is 6.08 Å². The van der Waals surface area contributed by atoms with Crippen molar-refractivity contribution in [3.8, 4) is 18.1 Å². The number of hydrogen-bond acceptors (Lipinski definition) is 4. The Balaban J connectivity index is 2.04. The molecule has 0 atom stereocenters. The van der Waals surface area contributed by atoms with Gasteiger partial charge in [0.2, 0.25) is 0 Å². The highest BCUT2D eigenvalue weighted by Crippen LogP contribution is 2.33. The van der Waals surface area contributed by atoms with E-state index in [9.17, 15) is 14.4 Å². The molecule has 1 aliphatic heterocycles. The van der Waals surface area contributed by atoms with Crippen LogP contribution in [-0.4, -0.2) is 24.5 Å². The first-order valence-corrected chi connectivity index (χ1v) is 11.0. The van der Waals surface area contributed by atoms with E-state index in [0.29, 0.717) is 27.9 Å². The maximum absolute atomic E-state index is 13.1. The van der Waals surface area contributed by atoms with Crippen LogP contribution in [-0.2, 0) is 16.0 Å². The summed E-state index contributed by atoms with van der Waals surface area (Å²) in [6, 6.07) is 7.72. The van der Waals surface area contributed by atoms with Crippen LogP contribution in [0.25, 0.3) is 6.08 Å². The number of nitrogens with one attached hydrogen (secondary N) is 1. The summed E-state index contributed by atoms with van der Waals surface area (Å²) in [5.74, 6) is 1.50. The molecule has 3 rings (SSSR count). The Hall–Kier alpha value is -3.15. The first-order chi connectivity index (χ1) is 15.3. The van der Waals surface area contributed by atoms with E-state index >= 15 is 0 Å². The Kier molecular flexibility index (Phi) is 7.33. The third-order valence-corrected chi connectivity index (χ3v) is 6.10. The van der Waals surface area contributed by atoms with E-state index in [0.717, 1.165) is 20.5 Å². The minimum absolute atomic E-state index is 0.0910. The van der Waals surface area contributed by atoms with Crippen molar-refractivity contribution in [1.82, 2.24) is 5.32 Å². The summed E-state index contributed by atoms with van der Waals surface area (Å²) in [6.45, 7) is 5.68. The number of halogens is 2. The number of barbiturate groups is 1. The van der Waals surface area contributed by atoms with E-state index in [4.69, 9.17) is 11.2 Å². The quantitative estimate of drug-likeness (QED) is 0.236. The predicted octanol–water partition coefficient (Wildman–Crippen LogP) is 4.93. The van der Waals surface area contributed by atoms with Crippen LogP contribution in [0.3, 0.4) is 0 Å². The summed E-state index contributed by atoms with van der Waals surface area (Å²) in [6.07, 6.45) is 8.91. The molecule has 1 saturated heterocycles. The number of rotatable bonds is 6. The van der Waals surface area contributed by atoms with Gasteiger partial charge in [0.1, 0.15) is 17.9 Å². The van der Waals surface area contributed by atoms with Crippen LogP contribution in [0.4, 0.5) is 10.5 Å². The van der Waals surface area contributed by atoms with Crippen molar-refractivity contribution in [3.05, 3.63) is 74.2 Å². The highest BCUT2D eigenvalue weighted by Gasteiger charge is 2.37. The highest BCUT2D eigenvalue weighted by atomic mass is 79.9. The fraction of sp³-hybridized carbons (Fsp3) is 0.125. The molecule has 0 radical (unpaired) electrons. The van der Waals surface area contributed by atoms with E-state index < -0.39 is 17.8 Å². The molecule has 8 heteroatoms. The molecule has 2 aromatic carbocycles. The molecule has 1 heterocycles. The smallest absolute Gasteiger partial charge is 0.335 e. The number of imide groups is 2. The van der Waals surface area contributed by atoms with Crippen molar-refractivity contribution in [1.29, 1.82) is 0 Å². The molecule has 0 saturated carbocycles. The number of aryl methyl sites for hydroxylation is 1. The van der Waals surface area contributed by atoms with Gasteiger partial charge >= 0.3 is 6.03 Å². The van der Waals surface area contributed by atoms with Crippen LogP contribution in [0.2, 0.25) is 0 Å². The normalized spacial score (nSPS) is 14.9. The topological polar surface area (TPSA) is 75.7 Å². The minimum Gasteiger partial charge on any atom is -0.479 e. The van der Waals surface area contributed by atoms with Crippen molar-refractivity contribution in [2.75, 3.05) is 11.5 Å². The van der Waals surface area contributed by atoms with Crippen LogP contribution in [0.15, 0.2) is 57.5 Å². The van der Waals surface area contributed by atoms with Gasteiger partial charge < -0.3 is 4.74 Å². The number of carbonyl (C=O) groups is 3. The number of anilines is 1. The number of urea groups is 1. The number of terminal acetylenes is 1. The van der Waals surface area contributed by atoms with Gasteiger partial charge in [0, 0.05) is 4.47 Å². The maximum atomic E-state index is 13.1. The Morgan fingerprint density at radius 3 is 2.59 bits per heavy atom. The molecular formula is C24H18Br2N2O4. The van der Waals surface area contributed by atoms with Gasteiger partial charge in [-0.15, -0.1) is 13.0 Å². The second-order valence-electron chi connectivity index (χ2n) is 6.87. The summed E-state index contributed by atoms with van der Waals surface area (Å²) < 4.78 is 7.06. The van der Waals surface area contributed by atoms with Crippen molar-refractivity contribution in [2.24, 2.45) is 0 Å². The first-order valence-electron chi connectivity index (χ1n) is 9.44. The van der Waals surface area contributed by atoms with Gasteiger partial charge in [0.05, 0.1) is 10.2 Å². The average Bonchev–Trinajstić information content (AvgIpc) is 2.73. The molecule has 6 nitrogen and oxygen atoms in total. The van der Waals surface area contributed by atoms with Crippen LogP contribution in [0.1, 0.15) is 16.7 Å². The molecular weight excluding hydrogens is 540 g/mol. The number of hydrogen-bond donors (Lipinski definition) is 1. The van der Waals surface area contributed by atoms with Crippen molar-refractivity contribution < 1.29 is 19.1 Å². The average molecular weight is 558 g/mol. The Morgan fingerprint density at radius 1 is 1.19 bits per heavy atom. The van der Waals surface area contributed by atoms with Crippen molar-refractivity contribution >= 4 is 61.5 Å².